The van der Waals surface area contributed by atoms with Crippen LogP contribution in [0.1, 0.15) is 10.4 Å². The summed E-state index contributed by atoms with van der Waals surface area (Å²) in [6.45, 7) is 2.92. The molecule has 0 saturated carbocycles. The molecular weight excluding hydrogens is 225 g/mol. The van der Waals surface area contributed by atoms with Gasteiger partial charge in [-0.3, -0.25) is 0 Å². The molecule has 1 aliphatic heterocycles. The standard InChI is InChI=1S/C11H14FN3O2/c12-7-1-2-8(9(10(7)13)11(16)17)15-5-3-14-4-6-15/h1-2,14H,3-6,13H2,(H,16,17). The number of aromatic carboxylic acids is 1. The van der Waals surface area contributed by atoms with Crippen molar-refractivity contribution in [1.82, 2.24) is 5.32 Å². The van der Waals surface area contributed by atoms with E-state index in [1.807, 2.05) is 4.90 Å². The van der Waals surface area contributed by atoms with E-state index < -0.39 is 11.8 Å². The van der Waals surface area contributed by atoms with E-state index in [0.29, 0.717) is 18.8 Å². The Kier molecular flexibility index (Phi) is 3.14. The number of anilines is 2. The predicted octanol–water partition coefficient (Wildman–Crippen LogP) is 0.516. The van der Waals surface area contributed by atoms with Crippen LogP contribution < -0.4 is 16.0 Å². The molecule has 0 radical (unpaired) electrons. The van der Waals surface area contributed by atoms with Gasteiger partial charge in [0.05, 0.1) is 11.4 Å². The Balaban J connectivity index is 2.45. The minimum Gasteiger partial charge on any atom is -0.478 e. The largest absolute Gasteiger partial charge is 0.478 e. The smallest absolute Gasteiger partial charge is 0.340 e. The van der Waals surface area contributed by atoms with Gasteiger partial charge < -0.3 is 21.1 Å². The Morgan fingerprint density at radius 2 is 2.06 bits per heavy atom. The molecule has 1 heterocycles. The minimum atomic E-state index is -1.20. The topological polar surface area (TPSA) is 78.6 Å². The number of nitrogen functional groups attached to an aromatic ring is 1. The van der Waals surface area contributed by atoms with Gasteiger partial charge in [-0.15, -0.1) is 0 Å². The molecule has 0 aromatic heterocycles. The van der Waals surface area contributed by atoms with Crippen LogP contribution in [0.3, 0.4) is 0 Å². The normalized spacial score (nSPS) is 15.9. The molecule has 1 fully saturated rings. The number of hydrogen-bond donors (Lipinski definition) is 3. The van der Waals surface area contributed by atoms with Gasteiger partial charge in [0.2, 0.25) is 0 Å². The first-order valence-corrected chi connectivity index (χ1v) is 5.38. The number of benzene rings is 1. The number of carboxylic acid groups (broad SMARTS) is 1. The van der Waals surface area contributed by atoms with Crippen molar-refractivity contribution in [3.63, 3.8) is 0 Å². The first-order valence-electron chi connectivity index (χ1n) is 5.38. The van der Waals surface area contributed by atoms with Crippen molar-refractivity contribution in [1.29, 1.82) is 0 Å². The molecule has 0 amide bonds. The monoisotopic (exact) mass is 239 g/mol. The van der Waals surface area contributed by atoms with Crippen LogP contribution in [0.25, 0.3) is 0 Å². The number of hydrogen-bond acceptors (Lipinski definition) is 4. The molecule has 92 valence electrons. The van der Waals surface area contributed by atoms with Gasteiger partial charge in [0.1, 0.15) is 11.4 Å². The van der Waals surface area contributed by atoms with Gasteiger partial charge in [-0.1, -0.05) is 0 Å². The highest BCUT2D eigenvalue weighted by atomic mass is 19.1. The van der Waals surface area contributed by atoms with E-state index in [0.717, 1.165) is 13.1 Å². The van der Waals surface area contributed by atoms with Crippen molar-refractivity contribution in [2.45, 2.75) is 0 Å². The summed E-state index contributed by atoms with van der Waals surface area (Å²) in [7, 11) is 0. The average Bonchev–Trinajstić information content (AvgIpc) is 2.33. The quantitative estimate of drug-likeness (QED) is 0.656. The highest BCUT2D eigenvalue weighted by molar-refractivity contribution is 6.00. The van der Waals surface area contributed by atoms with E-state index >= 15 is 0 Å². The first kappa shape index (κ1) is 11.7. The molecule has 1 aliphatic rings. The molecular formula is C11H14FN3O2. The maximum Gasteiger partial charge on any atom is 0.340 e. The third kappa shape index (κ3) is 2.16. The third-order valence-corrected chi connectivity index (χ3v) is 2.84. The Morgan fingerprint density at radius 1 is 1.41 bits per heavy atom. The second kappa shape index (κ2) is 4.58. The lowest BCUT2D eigenvalue weighted by Gasteiger charge is -2.30. The molecule has 6 heteroatoms. The summed E-state index contributed by atoms with van der Waals surface area (Å²) in [6, 6.07) is 2.68. The Bertz CT molecular complexity index is 445. The number of nitrogens with one attached hydrogen (secondary N) is 1. The van der Waals surface area contributed by atoms with Crippen molar-refractivity contribution in [2.75, 3.05) is 36.8 Å². The average molecular weight is 239 g/mol. The van der Waals surface area contributed by atoms with Gasteiger partial charge >= 0.3 is 5.97 Å². The molecule has 17 heavy (non-hydrogen) atoms. The third-order valence-electron chi connectivity index (χ3n) is 2.84. The fourth-order valence-corrected chi connectivity index (χ4v) is 1.98. The van der Waals surface area contributed by atoms with E-state index in [9.17, 15) is 9.18 Å². The summed E-state index contributed by atoms with van der Waals surface area (Å²) < 4.78 is 13.3. The summed E-state index contributed by atoms with van der Waals surface area (Å²) in [5.74, 6) is -1.89. The van der Waals surface area contributed by atoms with E-state index in [1.165, 1.54) is 12.1 Å². The number of rotatable bonds is 2. The molecule has 0 unspecified atom stereocenters. The SMILES string of the molecule is Nc1c(F)ccc(N2CCNCC2)c1C(=O)O. The van der Waals surface area contributed by atoms with Crippen LogP contribution >= 0.6 is 0 Å². The van der Waals surface area contributed by atoms with Crippen LogP contribution in [0.2, 0.25) is 0 Å². The second-order valence-electron chi connectivity index (χ2n) is 3.90. The van der Waals surface area contributed by atoms with Crippen molar-refractivity contribution < 1.29 is 14.3 Å². The maximum atomic E-state index is 13.3. The summed E-state index contributed by atoms with van der Waals surface area (Å²) >= 11 is 0. The zero-order valence-corrected chi connectivity index (χ0v) is 9.24. The Morgan fingerprint density at radius 3 is 2.65 bits per heavy atom. The van der Waals surface area contributed by atoms with Crippen LogP contribution in [0.15, 0.2) is 12.1 Å². The molecule has 1 aromatic carbocycles. The molecule has 0 aliphatic carbocycles. The molecule has 1 saturated heterocycles. The second-order valence-corrected chi connectivity index (χ2v) is 3.90. The number of halogens is 1. The molecule has 4 N–H and O–H groups in total. The Hall–Kier alpha value is -1.82. The maximum absolute atomic E-state index is 13.3. The van der Waals surface area contributed by atoms with Crippen molar-refractivity contribution in [2.24, 2.45) is 0 Å². The predicted molar refractivity (Wildman–Crippen MR) is 62.9 cm³/mol. The van der Waals surface area contributed by atoms with Gasteiger partial charge in [-0.25, -0.2) is 9.18 Å². The van der Waals surface area contributed by atoms with Crippen LogP contribution in [0, 0.1) is 5.82 Å². The number of carboxylic acids is 1. The lowest BCUT2D eigenvalue weighted by Crippen LogP contribution is -2.44. The zero-order chi connectivity index (χ0) is 12.4. The minimum absolute atomic E-state index is 0.146. The van der Waals surface area contributed by atoms with Gasteiger partial charge in [-0.05, 0) is 12.1 Å². The van der Waals surface area contributed by atoms with E-state index in [4.69, 9.17) is 10.8 Å². The van der Waals surface area contributed by atoms with Gasteiger partial charge in [-0.2, -0.15) is 0 Å². The molecule has 0 atom stereocenters. The zero-order valence-electron chi connectivity index (χ0n) is 9.24. The summed E-state index contributed by atoms with van der Waals surface area (Å²) in [5, 5.41) is 12.3. The number of piperazine rings is 1. The summed E-state index contributed by atoms with van der Waals surface area (Å²) in [6.07, 6.45) is 0. The van der Waals surface area contributed by atoms with Crippen LogP contribution in [-0.2, 0) is 0 Å². The fourth-order valence-electron chi connectivity index (χ4n) is 1.98. The van der Waals surface area contributed by atoms with Gasteiger partial charge in [0.25, 0.3) is 0 Å². The van der Waals surface area contributed by atoms with E-state index in [1.54, 1.807) is 0 Å². The number of carbonyl (C=O) groups is 1. The highest BCUT2D eigenvalue weighted by Gasteiger charge is 2.22. The van der Waals surface area contributed by atoms with Crippen LogP contribution in [0.4, 0.5) is 15.8 Å². The van der Waals surface area contributed by atoms with Gasteiger partial charge in [0, 0.05) is 26.2 Å². The lowest BCUT2D eigenvalue weighted by atomic mass is 10.1. The molecule has 0 spiro atoms. The summed E-state index contributed by atoms with van der Waals surface area (Å²) in [5.41, 5.74) is 5.53. The van der Waals surface area contributed by atoms with Gasteiger partial charge in [0.15, 0.2) is 0 Å². The number of nitrogens with two attached hydrogens (primary N) is 1. The fraction of sp³-hybridized carbons (Fsp3) is 0.364. The van der Waals surface area contributed by atoms with Crippen molar-refractivity contribution >= 4 is 17.3 Å². The Labute approximate surface area is 98.0 Å². The lowest BCUT2D eigenvalue weighted by molar-refractivity contribution is 0.0698. The molecule has 1 aromatic rings. The van der Waals surface area contributed by atoms with Crippen LogP contribution in [0.5, 0.6) is 0 Å². The van der Waals surface area contributed by atoms with Crippen molar-refractivity contribution in [3.05, 3.63) is 23.5 Å². The summed E-state index contributed by atoms with van der Waals surface area (Å²) in [4.78, 5) is 13.0. The first-order chi connectivity index (χ1) is 8.11. The van der Waals surface area contributed by atoms with E-state index in [2.05, 4.69) is 5.32 Å². The highest BCUT2D eigenvalue weighted by Crippen LogP contribution is 2.28. The molecule has 0 bridgehead atoms. The number of nitrogens with zero attached hydrogens (tertiary/aromatic N) is 1. The molecule has 2 rings (SSSR count). The van der Waals surface area contributed by atoms with Crippen LogP contribution in [-0.4, -0.2) is 37.3 Å². The molecule has 5 nitrogen and oxygen atoms in total. The van der Waals surface area contributed by atoms with E-state index in [-0.39, 0.29) is 11.3 Å². The van der Waals surface area contributed by atoms with Crippen molar-refractivity contribution in [3.8, 4) is 0 Å².